The normalized spacial score (nSPS) is 19.5. The first kappa shape index (κ1) is 17.4. The molecule has 21 heavy (non-hydrogen) atoms. The van der Waals surface area contributed by atoms with Crippen LogP contribution in [0.5, 0.6) is 0 Å². The largest absolute Gasteiger partial charge is 0.377 e. The highest BCUT2D eigenvalue weighted by Gasteiger charge is 2.30. The summed E-state index contributed by atoms with van der Waals surface area (Å²) in [5, 5.41) is 3.04. The van der Waals surface area contributed by atoms with Crippen molar-refractivity contribution in [3.8, 4) is 0 Å². The Labute approximate surface area is 138 Å². The molecule has 120 valence electrons. The van der Waals surface area contributed by atoms with Gasteiger partial charge in [0.15, 0.2) is 0 Å². The molecule has 1 aromatic heterocycles. The fraction of sp³-hybridized carbons (Fsp3) is 0.692. The molecule has 0 spiro atoms. The number of rotatable bonds is 7. The monoisotopic (exact) mass is 396 g/mol. The van der Waals surface area contributed by atoms with Crippen molar-refractivity contribution in [2.24, 2.45) is 0 Å². The summed E-state index contributed by atoms with van der Waals surface area (Å²) in [5.74, 6) is 0. The Bertz CT molecular complexity index is 568. The van der Waals surface area contributed by atoms with Gasteiger partial charge in [-0.2, -0.15) is 4.31 Å². The van der Waals surface area contributed by atoms with Crippen LogP contribution in [-0.2, 0) is 21.3 Å². The summed E-state index contributed by atoms with van der Waals surface area (Å²) in [7, 11) is -1.63. The minimum atomic E-state index is -3.48. The van der Waals surface area contributed by atoms with Crippen molar-refractivity contribution in [1.82, 2.24) is 9.62 Å². The molecule has 2 heterocycles. The number of nitrogens with one attached hydrogen (secondary N) is 1. The first-order chi connectivity index (χ1) is 9.98. The summed E-state index contributed by atoms with van der Waals surface area (Å²) in [5.41, 5.74) is 0. The average Bonchev–Trinajstić information content (AvgIpc) is 3.06. The molecule has 0 saturated carbocycles. The first-order valence-corrected chi connectivity index (χ1v) is 10.1. The van der Waals surface area contributed by atoms with Gasteiger partial charge in [0.1, 0.15) is 4.90 Å². The Balaban J connectivity index is 2.21. The smallest absolute Gasteiger partial charge is 0.245 e. The van der Waals surface area contributed by atoms with Crippen LogP contribution in [0.3, 0.4) is 0 Å². The Hall–Kier alpha value is 0.01000. The third kappa shape index (κ3) is 4.05. The topological polar surface area (TPSA) is 58.6 Å². The minimum Gasteiger partial charge on any atom is -0.377 e. The molecule has 5 nitrogen and oxygen atoms in total. The van der Waals surface area contributed by atoms with Crippen molar-refractivity contribution in [2.75, 3.05) is 26.7 Å². The fourth-order valence-electron chi connectivity index (χ4n) is 2.39. The predicted octanol–water partition coefficient (Wildman–Crippen LogP) is 2.42. The molecule has 0 radical (unpaired) electrons. The molecule has 1 saturated heterocycles. The number of halogens is 1. The molecule has 1 unspecified atom stereocenters. The SMILES string of the molecule is CCN(CC1CCCO1)S(=O)(=O)c1cc(CNC)sc1Br. The van der Waals surface area contributed by atoms with E-state index in [9.17, 15) is 8.42 Å². The number of thiophene rings is 1. The van der Waals surface area contributed by atoms with Gasteiger partial charge in [0.05, 0.1) is 9.89 Å². The van der Waals surface area contributed by atoms with Crippen LogP contribution in [0.25, 0.3) is 0 Å². The first-order valence-electron chi connectivity index (χ1n) is 7.03. The lowest BCUT2D eigenvalue weighted by Crippen LogP contribution is -2.37. The Morgan fingerprint density at radius 3 is 2.90 bits per heavy atom. The summed E-state index contributed by atoms with van der Waals surface area (Å²) in [6, 6.07) is 1.75. The number of ether oxygens (including phenoxy) is 1. The van der Waals surface area contributed by atoms with E-state index < -0.39 is 10.0 Å². The standard InChI is InChI=1S/C13H21BrN2O3S2/c1-3-16(9-10-5-4-6-19-10)21(17,18)12-7-11(8-15-2)20-13(12)14/h7,10,15H,3-6,8-9H2,1-2H3. The van der Waals surface area contributed by atoms with Crippen molar-refractivity contribution in [1.29, 1.82) is 0 Å². The molecule has 1 aliphatic rings. The van der Waals surface area contributed by atoms with Gasteiger partial charge < -0.3 is 10.1 Å². The second kappa shape index (κ2) is 7.52. The zero-order valence-electron chi connectivity index (χ0n) is 12.3. The van der Waals surface area contributed by atoms with Crippen LogP contribution < -0.4 is 5.32 Å². The van der Waals surface area contributed by atoms with E-state index in [0.29, 0.717) is 28.3 Å². The highest BCUT2D eigenvalue weighted by molar-refractivity contribution is 9.11. The van der Waals surface area contributed by atoms with E-state index in [1.54, 1.807) is 6.07 Å². The lowest BCUT2D eigenvalue weighted by atomic mass is 10.2. The Morgan fingerprint density at radius 2 is 2.33 bits per heavy atom. The number of sulfonamides is 1. The van der Waals surface area contributed by atoms with Gasteiger partial charge in [0.2, 0.25) is 10.0 Å². The second-order valence-electron chi connectivity index (χ2n) is 4.97. The number of nitrogens with zero attached hydrogens (tertiary/aromatic N) is 1. The van der Waals surface area contributed by atoms with E-state index in [0.717, 1.165) is 24.3 Å². The lowest BCUT2D eigenvalue weighted by molar-refractivity contribution is 0.0947. The number of hydrogen-bond donors (Lipinski definition) is 1. The second-order valence-corrected chi connectivity index (χ2v) is 9.33. The van der Waals surface area contributed by atoms with Gasteiger partial charge in [0.25, 0.3) is 0 Å². The van der Waals surface area contributed by atoms with Gasteiger partial charge in [-0.15, -0.1) is 11.3 Å². The highest BCUT2D eigenvalue weighted by Crippen LogP contribution is 2.34. The molecule has 0 aliphatic carbocycles. The van der Waals surface area contributed by atoms with Crippen LogP contribution in [-0.4, -0.2) is 45.6 Å². The molecule has 1 aromatic rings. The summed E-state index contributed by atoms with van der Waals surface area (Å²) < 4.78 is 33.4. The zero-order valence-corrected chi connectivity index (χ0v) is 15.5. The van der Waals surface area contributed by atoms with Gasteiger partial charge in [-0.3, -0.25) is 0 Å². The predicted molar refractivity (Wildman–Crippen MR) is 88.2 cm³/mol. The Kier molecular flexibility index (Phi) is 6.22. The molecular formula is C13H21BrN2O3S2. The quantitative estimate of drug-likeness (QED) is 0.768. The van der Waals surface area contributed by atoms with E-state index in [1.165, 1.54) is 15.6 Å². The number of hydrogen-bond acceptors (Lipinski definition) is 5. The molecule has 0 aromatic carbocycles. The molecule has 1 atom stereocenters. The molecule has 1 N–H and O–H groups in total. The van der Waals surface area contributed by atoms with Crippen LogP contribution in [0.1, 0.15) is 24.6 Å². The van der Waals surface area contributed by atoms with Crippen LogP contribution in [0, 0.1) is 0 Å². The van der Waals surface area contributed by atoms with E-state index in [1.807, 2.05) is 14.0 Å². The van der Waals surface area contributed by atoms with E-state index in [2.05, 4.69) is 21.2 Å². The fourth-order valence-corrected chi connectivity index (χ4v) is 6.51. The van der Waals surface area contributed by atoms with Crippen molar-refractivity contribution in [3.63, 3.8) is 0 Å². The van der Waals surface area contributed by atoms with E-state index in [-0.39, 0.29) is 6.10 Å². The average molecular weight is 397 g/mol. The van der Waals surface area contributed by atoms with Crippen LogP contribution in [0.2, 0.25) is 0 Å². The van der Waals surface area contributed by atoms with Gasteiger partial charge in [0, 0.05) is 31.1 Å². The zero-order chi connectivity index (χ0) is 15.5. The Morgan fingerprint density at radius 1 is 1.57 bits per heavy atom. The summed E-state index contributed by atoms with van der Waals surface area (Å²) >= 11 is 4.84. The summed E-state index contributed by atoms with van der Waals surface area (Å²) in [6.45, 7) is 4.14. The molecule has 8 heteroatoms. The van der Waals surface area contributed by atoms with Crippen LogP contribution >= 0.6 is 27.3 Å². The van der Waals surface area contributed by atoms with Crippen molar-refractivity contribution in [2.45, 2.75) is 37.3 Å². The van der Waals surface area contributed by atoms with E-state index in [4.69, 9.17) is 4.74 Å². The van der Waals surface area contributed by atoms with Crippen LogP contribution in [0.15, 0.2) is 14.7 Å². The highest BCUT2D eigenvalue weighted by atomic mass is 79.9. The summed E-state index contributed by atoms with van der Waals surface area (Å²) in [4.78, 5) is 1.36. The van der Waals surface area contributed by atoms with Crippen LogP contribution in [0.4, 0.5) is 0 Å². The van der Waals surface area contributed by atoms with Crippen molar-refractivity contribution >= 4 is 37.3 Å². The molecule has 2 rings (SSSR count). The molecule has 0 amide bonds. The number of likely N-dealkylation sites (N-methyl/N-ethyl adjacent to an activating group) is 1. The third-order valence-electron chi connectivity index (χ3n) is 3.46. The lowest BCUT2D eigenvalue weighted by Gasteiger charge is -2.23. The molecule has 1 aliphatic heterocycles. The maximum absolute atomic E-state index is 12.8. The van der Waals surface area contributed by atoms with Gasteiger partial charge in [-0.05, 0) is 41.9 Å². The van der Waals surface area contributed by atoms with Gasteiger partial charge in [-0.1, -0.05) is 6.92 Å². The van der Waals surface area contributed by atoms with Gasteiger partial charge >= 0.3 is 0 Å². The summed E-state index contributed by atoms with van der Waals surface area (Å²) in [6.07, 6.45) is 1.97. The molecular weight excluding hydrogens is 376 g/mol. The molecule has 1 fully saturated rings. The minimum absolute atomic E-state index is 0.0221. The maximum atomic E-state index is 12.8. The van der Waals surface area contributed by atoms with Gasteiger partial charge in [-0.25, -0.2) is 8.42 Å². The molecule has 0 bridgehead atoms. The van der Waals surface area contributed by atoms with E-state index >= 15 is 0 Å². The van der Waals surface area contributed by atoms with Crippen molar-refractivity contribution in [3.05, 3.63) is 14.7 Å². The van der Waals surface area contributed by atoms with Crippen molar-refractivity contribution < 1.29 is 13.2 Å². The third-order valence-corrected chi connectivity index (χ3v) is 7.65. The maximum Gasteiger partial charge on any atom is 0.245 e.